The van der Waals surface area contributed by atoms with E-state index in [9.17, 15) is 18.8 Å². The molecule has 4 rings (SSSR count). The summed E-state index contributed by atoms with van der Waals surface area (Å²) in [7, 11) is 2.11. The molecule has 1 saturated heterocycles. The van der Waals surface area contributed by atoms with E-state index in [0.29, 0.717) is 23.5 Å². The fraction of sp³-hybridized carbons (Fsp3) is 0.308. The number of aromatic nitrogens is 2. The lowest BCUT2D eigenvalue weighted by atomic mass is 10.2. The molecule has 194 valence electrons. The van der Waals surface area contributed by atoms with Crippen LogP contribution >= 0.6 is 0 Å². The van der Waals surface area contributed by atoms with E-state index in [2.05, 4.69) is 32.5 Å². The van der Waals surface area contributed by atoms with Crippen LogP contribution in [0.3, 0.4) is 0 Å². The van der Waals surface area contributed by atoms with Gasteiger partial charge < -0.3 is 26.2 Å². The first-order chi connectivity index (χ1) is 17.8. The number of nitrogens with two attached hydrogens (primary N) is 1. The van der Waals surface area contributed by atoms with E-state index in [1.165, 1.54) is 35.2 Å². The number of rotatable bonds is 9. The summed E-state index contributed by atoms with van der Waals surface area (Å²) in [6.07, 6.45) is 2.14. The van der Waals surface area contributed by atoms with E-state index >= 15 is 0 Å². The maximum Gasteiger partial charge on any atom is 0.270 e. The fourth-order valence-electron chi connectivity index (χ4n) is 4.11. The van der Waals surface area contributed by atoms with E-state index in [1.807, 2.05) is 0 Å². The molecule has 4 N–H and O–H groups in total. The smallest absolute Gasteiger partial charge is 0.270 e. The topological polar surface area (TPSA) is 126 Å². The molecule has 37 heavy (non-hydrogen) atoms. The second-order valence-electron chi connectivity index (χ2n) is 8.94. The molecule has 1 aromatic heterocycles. The van der Waals surface area contributed by atoms with Gasteiger partial charge in [0.1, 0.15) is 17.8 Å². The number of likely N-dealkylation sites (N-methyl/N-ethyl adjacent to an activating group) is 1. The van der Waals surface area contributed by atoms with Crippen molar-refractivity contribution in [2.45, 2.75) is 6.42 Å². The number of anilines is 1. The summed E-state index contributed by atoms with van der Waals surface area (Å²) >= 11 is 0. The average molecular weight is 508 g/mol. The maximum absolute atomic E-state index is 13.1. The number of hydrogen-bond donors (Lipinski definition) is 3. The number of primary amides is 1. The highest BCUT2D eigenvalue weighted by Gasteiger charge is 2.23. The van der Waals surface area contributed by atoms with E-state index in [0.717, 1.165) is 39.1 Å². The summed E-state index contributed by atoms with van der Waals surface area (Å²) in [4.78, 5) is 46.1. The van der Waals surface area contributed by atoms with Crippen LogP contribution in [0.1, 0.15) is 37.8 Å². The standard InChI is InChI=1S/C26H30FN7O3/c1-32-13-15-33(16-14-32)12-2-11-29-26(37)23-22(24(28)35)30-17-34(23)21-9-7-20(8-10-21)31-25(36)18-3-5-19(27)6-4-18/h3-10,17H,2,11-16H2,1H3,(H2,28,35)(H,29,37)(H,31,36). The summed E-state index contributed by atoms with van der Waals surface area (Å²) in [5.74, 6) is -2.06. The van der Waals surface area contributed by atoms with Gasteiger partial charge in [-0.05, 0) is 68.5 Å². The Morgan fingerprint density at radius 3 is 2.30 bits per heavy atom. The molecule has 0 unspecified atom stereocenters. The molecule has 0 spiro atoms. The van der Waals surface area contributed by atoms with Gasteiger partial charge in [0.2, 0.25) is 0 Å². The van der Waals surface area contributed by atoms with Crippen molar-refractivity contribution in [3.05, 3.63) is 77.6 Å². The van der Waals surface area contributed by atoms with Crippen molar-refractivity contribution in [2.75, 3.05) is 51.6 Å². The number of carbonyl (C=O) groups is 3. The molecule has 0 saturated carbocycles. The van der Waals surface area contributed by atoms with Crippen LogP contribution in [-0.2, 0) is 0 Å². The molecule has 0 atom stereocenters. The van der Waals surface area contributed by atoms with Gasteiger partial charge in [-0.3, -0.25) is 19.0 Å². The number of nitrogens with one attached hydrogen (secondary N) is 2. The van der Waals surface area contributed by atoms with Crippen LogP contribution in [0, 0.1) is 5.82 Å². The van der Waals surface area contributed by atoms with Crippen LogP contribution < -0.4 is 16.4 Å². The van der Waals surface area contributed by atoms with Crippen LogP contribution in [0.2, 0.25) is 0 Å². The van der Waals surface area contributed by atoms with Gasteiger partial charge >= 0.3 is 0 Å². The van der Waals surface area contributed by atoms with Gasteiger partial charge in [0, 0.05) is 49.7 Å². The van der Waals surface area contributed by atoms with E-state index in [-0.39, 0.29) is 17.3 Å². The first-order valence-corrected chi connectivity index (χ1v) is 12.1. The average Bonchev–Trinajstić information content (AvgIpc) is 3.34. The third-order valence-electron chi connectivity index (χ3n) is 6.26. The number of amides is 3. The Kier molecular flexibility index (Phi) is 8.26. The summed E-state index contributed by atoms with van der Waals surface area (Å²) in [6, 6.07) is 11.9. The number of carbonyl (C=O) groups excluding carboxylic acids is 3. The largest absolute Gasteiger partial charge is 0.364 e. The molecule has 0 radical (unpaired) electrons. The second kappa shape index (κ2) is 11.8. The van der Waals surface area contributed by atoms with Gasteiger partial charge in [0.15, 0.2) is 5.69 Å². The Labute approximate surface area is 214 Å². The molecule has 1 fully saturated rings. The third-order valence-corrected chi connectivity index (χ3v) is 6.26. The molecule has 3 amide bonds. The minimum absolute atomic E-state index is 0.0511. The summed E-state index contributed by atoms with van der Waals surface area (Å²) in [5, 5.41) is 5.60. The first-order valence-electron chi connectivity index (χ1n) is 12.1. The Hall–Kier alpha value is -4.09. The predicted octanol–water partition coefficient (Wildman–Crippen LogP) is 1.73. The zero-order valence-corrected chi connectivity index (χ0v) is 20.6. The lowest BCUT2D eigenvalue weighted by molar-refractivity contribution is 0.0925. The van der Waals surface area contributed by atoms with Gasteiger partial charge in [0.25, 0.3) is 17.7 Å². The molecule has 0 bridgehead atoms. The number of halogens is 1. The van der Waals surface area contributed by atoms with E-state index in [4.69, 9.17) is 5.73 Å². The lowest BCUT2D eigenvalue weighted by Gasteiger charge is -2.32. The number of benzene rings is 2. The highest BCUT2D eigenvalue weighted by Crippen LogP contribution is 2.19. The molecule has 0 aliphatic carbocycles. The van der Waals surface area contributed by atoms with Crippen molar-refractivity contribution in [1.82, 2.24) is 24.7 Å². The van der Waals surface area contributed by atoms with Gasteiger partial charge in [-0.25, -0.2) is 9.37 Å². The van der Waals surface area contributed by atoms with Crippen molar-refractivity contribution < 1.29 is 18.8 Å². The summed E-state index contributed by atoms with van der Waals surface area (Å²) in [5.41, 5.74) is 6.78. The monoisotopic (exact) mass is 507 g/mol. The molecule has 2 aromatic carbocycles. The van der Waals surface area contributed by atoms with Gasteiger partial charge in [0.05, 0.1) is 0 Å². The molecule has 10 nitrogen and oxygen atoms in total. The van der Waals surface area contributed by atoms with Crippen molar-refractivity contribution in [1.29, 1.82) is 0 Å². The van der Waals surface area contributed by atoms with Gasteiger partial charge in [-0.15, -0.1) is 0 Å². The van der Waals surface area contributed by atoms with Crippen LogP contribution in [0.4, 0.5) is 10.1 Å². The molecular weight excluding hydrogens is 477 g/mol. The molecule has 11 heteroatoms. The molecular formula is C26H30FN7O3. The van der Waals surface area contributed by atoms with Crippen LogP contribution in [0.5, 0.6) is 0 Å². The van der Waals surface area contributed by atoms with Crippen LogP contribution in [0.15, 0.2) is 54.9 Å². The van der Waals surface area contributed by atoms with Crippen molar-refractivity contribution in [2.24, 2.45) is 5.73 Å². The predicted molar refractivity (Wildman–Crippen MR) is 137 cm³/mol. The summed E-state index contributed by atoms with van der Waals surface area (Å²) in [6.45, 7) is 5.39. The minimum Gasteiger partial charge on any atom is -0.364 e. The Bertz CT molecular complexity index is 1250. The maximum atomic E-state index is 13.1. The van der Waals surface area contributed by atoms with Crippen molar-refractivity contribution in [3.8, 4) is 5.69 Å². The fourth-order valence-corrected chi connectivity index (χ4v) is 4.11. The first kappa shape index (κ1) is 26.0. The lowest BCUT2D eigenvalue weighted by Crippen LogP contribution is -2.45. The molecule has 1 aliphatic rings. The molecule has 1 aliphatic heterocycles. The highest BCUT2D eigenvalue weighted by molar-refractivity contribution is 6.05. The SMILES string of the molecule is CN1CCN(CCCNC(=O)c2c(C(N)=O)ncn2-c2ccc(NC(=O)c3ccc(F)cc3)cc2)CC1. The third kappa shape index (κ3) is 6.57. The van der Waals surface area contributed by atoms with Gasteiger partial charge in [-0.2, -0.15) is 0 Å². The van der Waals surface area contributed by atoms with Crippen molar-refractivity contribution in [3.63, 3.8) is 0 Å². The Balaban J connectivity index is 1.41. The van der Waals surface area contributed by atoms with Crippen molar-refractivity contribution >= 4 is 23.4 Å². The Morgan fingerprint density at radius 2 is 1.65 bits per heavy atom. The normalized spacial score (nSPS) is 14.3. The number of piperazine rings is 1. The van der Waals surface area contributed by atoms with E-state index in [1.54, 1.807) is 24.3 Å². The molecule has 3 aromatic rings. The zero-order chi connectivity index (χ0) is 26.4. The highest BCUT2D eigenvalue weighted by atomic mass is 19.1. The second-order valence-corrected chi connectivity index (χ2v) is 8.94. The van der Waals surface area contributed by atoms with Crippen LogP contribution in [0.25, 0.3) is 5.69 Å². The summed E-state index contributed by atoms with van der Waals surface area (Å²) < 4.78 is 14.6. The molecule has 2 heterocycles. The number of hydrogen-bond acceptors (Lipinski definition) is 6. The minimum atomic E-state index is -0.801. The van der Waals surface area contributed by atoms with Crippen LogP contribution in [-0.4, -0.2) is 83.4 Å². The van der Waals surface area contributed by atoms with Gasteiger partial charge in [-0.1, -0.05) is 0 Å². The quantitative estimate of drug-likeness (QED) is 0.379. The number of nitrogens with zero attached hydrogens (tertiary/aromatic N) is 4. The Morgan fingerprint density at radius 1 is 0.973 bits per heavy atom. The number of imidazole rings is 1. The zero-order valence-electron chi connectivity index (χ0n) is 20.6. The van der Waals surface area contributed by atoms with E-state index < -0.39 is 17.6 Å².